The number of ether oxygens (including phenoxy) is 4. The normalized spacial score (nSPS) is 12.3. The highest BCUT2D eigenvalue weighted by Gasteiger charge is 2.29. The van der Waals surface area contributed by atoms with Crippen LogP contribution in [0.2, 0.25) is 0 Å². The average Bonchev–Trinajstić information content (AvgIpc) is 2.92. The van der Waals surface area contributed by atoms with Gasteiger partial charge in [0.15, 0.2) is 5.78 Å². The second kappa shape index (κ2) is 19.3. The zero-order chi connectivity index (χ0) is 30.8. The maximum Gasteiger partial charge on any atom is 0.341 e. The first kappa shape index (κ1) is 35.3. The van der Waals surface area contributed by atoms with Gasteiger partial charge in [0, 0.05) is 37.7 Å². The van der Waals surface area contributed by atoms with Crippen molar-refractivity contribution in [2.45, 2.75) is 39.2 Å². The summed E-state index contributed by atoms with van der Waals surface area (Å²) in [4.78, 5) is 61.6. The topological polar surface area (TPSA) is 205 Å². The zero-order valence-corrected chi connectivity index (χ0v) is 24.0. The molecule has 4 amide bonds. The van der Waals surface area contributed by atoms with E-state index in [-0.39, 0.29) is 67.9 Å². The Labute approximate surface area is 239 Å². The number of phenols is 1. The van der Waals surface area contributed by atoms with Gasteiger partial charge >= 0.3 is 12.0 Å². The molecule has 0 unspecified atom stereocenters. The predicted octanol–water partition coefficient (Wildman–Crippen LogP) is 0.962. The third-order valence-corrected chi connectivity index (χ3v) is 5.88. The molecule has 230 valence electrons. The van der Waals surface area contributed by atoms with Gasteiger partial charge in [-0.2, -0.15) is 0 Å². The minimum atomic E-state index is -0.869. The van der Waals surface area contributed by atoms with Crippen molar-refractivity contribution in [1.82, 2.24) is 10.6 Å². The van der Waals surface area contributed by atoms with E-state index < -0.39 is 35.8 Å². The highest BCUT2D eigenvalue weighted by molar-refractivity contribution is 5.98. The summed E-state index contributed by atoms with van der Waals surface area (Å²) in [6.45, 7) is 4.79. The number of aromatic hydroxyl groups is 1. The summed E-state index contributed by atoms with van der Waals surface area (Å²) in [6, 6.07) is 2.32. The van der Waals surface area contributed by atoms with Crippen molar-refractivity contribution in [2.75, 3.05) is 59.1 Å². The van der Waals surface area contributed by atoms with E-state index in [1.165, 1.54) is 25.3 Å². The second-order valence-electron chi connectivity index (χ2n) is 9.46. The Bertz CT molecular complexity index is 1020. The number of Topliss-reactive ketones (excluding diaryl/α,β-unsaturated/α-hetero) is 1. The molecule has 0 aromatic heterocycles. The van der Waals surface area contributed by atoms with E-state index >= 15 is 0 Å². The number of benzene rings is 1. The lowest BCUT2D eigenvalue weighted by Gasteiger charge is -2.24. The van der Waals surface area contributed by atoms with Crippen LogP contribution in [0.5, 0.6) is 5.75 Å². The number of carbonyl (C=O) groups excluding carboxylic acids is 5. The number of ketones is 1. The number of carbonyl (C=O) groups is 5. The number of nitrogens with two attached hydrogens (primary N) is 1. The lowest BCUT2D eigenvalue weighted by molar-refractivity contribution is -0.133. The van der Waals surface area contributed by atoms with Gasteiger partial charge in [-0.25, -0.2) is 9.59 Å². The summed E-state index contributed by atoms with van der Waals surface area (Å²) in [6.07, 6.45) is 0.362. The molecule has 0 aliphatic rings. The standard InChI is InChI=1S/C27H42N4O10/c1-17(2)24(31-23(34)16-41-13-12-40-11-10-38-3)22(33)14-18(6-5-9-29-27(28)37)25(35)30-19-7-8-20(21(32)15-19)26(36)39-4/h7-8,15,17-18,24,32H,5-6,9-14,16H2,1-4H3,(H,30,35)(H,31,34)(H3,28,29,37)/t18-,24+/m1/s1. The lowest BCUT2D eigenvalue weighted by Crippen LogP contribution is -2.47. The molecule has 0 saturated carbocycles. The summed E-state index contributed by atoms with van der Waals surface area (Å²) in [5.41, 5.74) is 5.22. The predicted molar refractivity (Wildman–Crippen MR) is 148 cm³/mol. The van der Waals surface area contributed by atoms with Crippen molar-refractivity contribution < 1.29 is 48.0 Å². The molecular formula is C27H42N4O10. The van der Waals surface area contributed by atoms with Gasteiger partial charge in [-0.05, 0) is 30.9 Å². The molecule has 0 aliphatic heterocycles. The third kappa shape index (κ3) is 13.9. The van der Waals surface area contributed by atoms with Crippen LogP contribution in [-0.2, 0) is 33.3 Å². The highest BCUT2D eigenvalue weighted by atomic mass is 16.5. The van der Waals surface area contributed by atoms with Gasteiger partial charge in [0.2, 0.25) is 11.8 Å². The van der Waals surface area contributed by atoms with Crippen molar-refractivity contribution in [3.63, 3.8) is 0 Å². The lowest BCUT2D eigenvalue weighted by atomic mass is 9.89. The first-order valence-electron chi connectivity index (χ1n) is 13.2. The maximum absolute atomic E-state index is 13.3. The van der Waals surface area contributed by atoms with Crippen molar-refractivity contribution in [3.8, 4) is 5.75 Å². The summed E-state index contributed by atoms with van der Waals surface area (Å²) in [5.74, 6) is -3.60. The van der Waals surface area contributed by atoms with Crippen LogP contribution >= 0.6 is 0 Å². The van der Waals surface area contributed by atoms with Gasteiger partial charge < -0.3 is 45.7 Å². The summed E-state index contributed by atoms with van der Waals surface area (Å²) >= 11 is 0. The van der Waals surface area contributed by atoms with Gasteiger partial charge in [0.1, 0.15) is 17.9 Å². The number of anilines is 1. The molecule has 0 radical (unpaired) electrons. The fourth-order valence-corrected chi connectivity index (χ4v) is 3.75. The van der Waals surface area contributed by atoms with Crippen LogP contribution in [0, 0.1) is 11.8 Å². The number of amides is 4. The number of esters is 1. The Balaban J connectivity index is 2.85. The van der Waals surface area contributed by atoms with E-state index in [0.29, 0.717) is 19.6 Å². The number of methoxy groups -OCH3 is 2. The zero-order valence-electron chi connectivity index (χ0n) is 24.0. The van der Waals surface area contributed by atoms with Gasteiger partial charge in [-0.15, -0.1) is 0 Å². The molecule has 0 heterocycles. The molecule has 0 bridgehead atoms. The number of phenolic OH excluding ortho intramolecular Hbond substituents is 1. The van der Waals surface area contributed by atoms with E-state index in [0.717, 1.165) is 0 Å². The molecule has 1 aromatic rings. The van der Waals surface area contributed by atoms with E-state index in [9.17, 15) is 29.1 Å². The van der Waals surface area contributed by atoms with Gasteiger partial charge in [0.05, 0.1) is 39.6 Å². The first-order valence-corrected chi connectivity index (χ1v) is 13.2. The number of hydrogen-bond acceptors (Lipinski definition) is 10. The van der Waals surface area contributed by atoms with Crippen LogP contribution in [0.4, 0.5) is 10.5 Å². The molecule has 0 fully saturated rings. The van der Waals surface area contributed by atoms with Gasteiger partial charge in [-0.3, -0.25) is 14.4 Å². The van der Waals surface area contributed by atoms with Gasteiger partial charge in [-0.1, -0.05) is 13.8 Å². The summed E-state index contributed by atoms with van der Waals surface area (Å²) < 4.78 is 20.0. The molecule has 14 nitrogen and oxygen atoms in total. The maximum atomic E-state index is 13.3. The molecule has 2 atom stereocenters. The quantitative estimate of drug-likeness (QED) is 0.109. The smallest absolute Gasteiger partial charge is 0.341 e. The number of nitrogens with one attached hydrogen (secondary N) is 3. The van der Waals surface area contributed by atoms with E-state index in [1.54, 1.807) is 21.0 Å². The minimum absolute atomic E-state index is 0.0760. The van der Waals surface area contributed by atoms with E-state index in [4.69, 9.17) is 19.9 Å². The molecule has 41 heavy (non-hydrogen) atoms. The Morgan fingerprint density at radius 3 is 2.29 bits per heavy atom. The second-order valence-corrected chi connectivity index (χ2v) is 9.46. The van der Waals surface area contributed by atoms with Crippen LogP contribution in [0.1, 0.15) is 43.5 Å². The van der Waals surface area contributed by atoms with E-state index in [1.807, 2.05) is 0 Å². The molecule has 0 spiro atoms. The molecule has 0 saturated heterocycles. The van der Waals surface area contributed by atoms with Crippen LogP contribution in [0.15, 0.2) is 18.2 Å². The fourth-order valence-electron chi connectivity index (χ4n) is 3.75. The number of hydrogen-bond donors (Lipinski definition) is 5. The van der Waals surface area contributed by atoms with Gasteiger partial charge in [0.25, 0.3) is 0 Å². The first-order chi connectivity index (χ1) is 19.5. The van der Waals surface area contributed by atoms with E-state index in [2.05, 4.69) is 20.7 Å². The van der Waals surface area contributed by atoms with Crippen molar-refractivity contribution in [3.05, 3.63) is 23.8 Å². The Kier molecular flexibility index (Phi) is 16.6. The van der Waals surface area contributed by atoms with Crippen molar-refractivity contribution in [2.24, 2.45) is 17.6 Å². The molecule has 1 rings (SSSR count). The van der Waals surface area contributed by atoms with Crippen molar-refractivity contribution >= 4 is 35.3 Å². The fraction of sp³-hybridized carbons (Fsp3) is 0.593. The largest absolute Gasteiger partial charge is 0.507 e. The summed E-state index contributed by atoms with van der Waals surface area (Å²) in [5, 5.41) is 17.9. The number of urea groups is 1. The van der Waals surface area contributed by atoms with Crippen LogP contribution in [0.3, 0.4) is 0 Å². The molecule has 14 heteroatoms. The molecule has 1 aromatic carbocycles. The van der Waals surface area contributed by atoms with Crippen LogP contribution in [-0.4, -0.2) is 94.5 Å². The Morgan fingerprint density at radius 1 is 1.00 bits per heavy atom. The Morgan fingerprint density at radius 2 is 1.68 bits per heavy atom. The number of rotatable bonds is 20. The minimum Gasteiger partial charge on any atom is -0.507 e. The van der Waals surface area contributed by atoms with Crippen LogP contribution in [0.25, 0.3) is 0 Å². The number of primary amides is 1. The van der Waals surface area contributed by atoms with Crippen molar-refractivity contribution in [1.29, 1.82) is 0 Å². The van der Waals surface area contributed by atoms with Crippen LogP contribution < -0.4 is 21.7 Å². The monoisotopic (exact) mass is 582 g/mol. The molecular weight excluding hydrogens is 540 g/mol. The highest BCUT2D eigenvalue weighted by Crippen LogP contribution is 2.24. The summed E-state index contributed by atoms with van der Waals surface area (Å²) in [7, 11) is 2.73. The Hall–Kier alpha value is -3.75. The molecule has 6 N–H and O–H groups in total. The SMILES string of the molecule is COCCOCCOCC(=O)N[C@H](C(=O)C[C@@H](CCCNC(N)=O)C(=O)Nc1ccc(C(=O)OC)c(O)c1)C(C)C. The average molecular weight is 583 g/mol. The molecule has 0 aliphatic carbocycles. The third-order valence-electron chi connectivity index (χ3n) is 5.88.